The molecule has 4 unspecified atom stereocenters. The topological polar surface area (TPSA) is 55.4 Å². The summed E-state index contributed by atoms with van der Waals surface area (Å²) in [5.41, 5.74) is 0.298. The van der Waals surface area contributed by atoms with Gasteiger partial charge in [0.15, 0.2) is 9.84 Å². The predicted octanol–water partition coefficient (Wildman–Crippen LogP) is 2.40. The molecular formula is C18H25NO3S. The maximum Gasteiger partial charge on any atom is 0.179 e. The van der Waals surface area contributed by atoms with E-state index < -0.39 is 9.84 Å². The quantitative estimate of drug-likeness (QED) is 0.898. The number of hydrogen-bond donors (Lipinski definition) is 1. The van der Waals surface area contributed by atoms with Crippen LogP contribution in [0.4, 0.5) is 0 Å². The molecule has 1 spiro atoms. The van der Waals surface area contributed by atoms with Crippen LogP contribution in [-0.2, 0) is 14.6 Å². The Morgan fingerprint density at radius 3 is 2.70 bits per heavy atom. The van der Waals surface area contributed by atoms with E-state index in [1.54, 1.807) is 24.3 Å². The first-order valence-electron chi connectivity index (χ1n) is 8.68. The molecule has 126 valence electrons. The standard InChI is InChI=1S/C18H25NO3S/c1-13(12-23(20,21)14-6-3-2-4-7-14)19-16-15-8-11-22-17(15)18(16)9-5-10-18/h2-4,6-7,13,15-17,19H,5,8-12H2,1H3. The van der Waals surface area contributed by atoms with Crippen molar-refractivity contribution in [3.05, 3.63) is 30.3 Å². The van der Waals surface area contributed by atoms with Crippen molar-refractivity contribution in [3.8, 4) is 0 Å². The number of nitrogens with one attached hydrogen (secondary N) is 1. The molecule has 1 N–H and O–H groups in total. The van der Waals surface area contributed by atoms with Crippen LogP contribution in [0.2, 0.25) is 0 Å². The molecule has 1 aromatic rings. The Labute approximate surface area is 138 Å². The lowest BCUT2D eigenvalue weighted by Gasteiger charge is -2.64. The van der Waals surface area contributed by atoms with Crippen molar-refractivity contribution in [1.82, 2.24) is 5.32 Å². The summed E-state index contributed by atoms with van der Waals surface area (Å²) in [6.45, 7) is 2.86. The van der Waals surface area contributed by atoms with Crippen molar-refractivity contribution in [2.45, 2.75) is 55.7 Å². The summed E-state index contributed by atoms with van der Waals surface area (Å²) in [5, 5.41) is 3.65. The second-order valence-corrected chi connectivity index (χ2v) is 9.50. The van der Waals surface area contributed by atoms with E-state index in [1.807, 2.05) is 13.0 Å². The van der Waals surface area contributed by atoms with Crippen LogP contribution in [0.25, 0.3) is 0 Å². The molecule has 1 heterocycles. The number of benzene rings is 1. The van der Waals surface area contributed by atoms with Crippen LogP contribution in [0.1, 0.15) is 32.6 Å². The van der Waals surface area contributed by atoms with Gasteiger partial charge in [-0.25, -0.2) is 8.42 Å². The van der Waals surface area contributed by atoms with Gasteiger partial charge in [-0.1, -0.05) is 24.6 Å². The van der Waals surface area contributed by atoms with Crippen LogP contribution < -0.4 is 5.32 Å². The number of ether oxygens (including phenoxy) is 1. The third kappa shape index (κ3) is 2.44. The van der Waals surface area contributed by atoms with E-state index in [4.69, 9.17) is 4.74 Å². The van der Waals surface area contributed by atoms with Gasteiger partial charge in [-0.2, -0.15) is 0 Å². The summed E-state index contributed by atoms with van der Waals surface area (Å²) in [7, 11) is -3.23. The van der Waals surface area contributed by atoms with Crippen molar-refractivity contribution in [1.29, 1.82) is 0 Å². The molecule has 4 atom stereocenters. The number of sulfone groups is 1. The Hall–Kier alpha value is -0.910. The summed E-state index contributed by atoms with van der Waals surface area (Å²) in [5.74, 6) is 0.735. The second kappa shape index (κ2) is 5.57. The zero-order chi connectivity index (χ0) is 16.1. The highest BCUT2D eigenvalue weighted by Gasteiger charge is 2.66. The van der Waals surface area contributed by atoms with Crippen LogP contribution in [-0.4, -0.2) is 39.0 Å². The molecule has 23 heavy (non-hydrogen) atoms. The van der Waals surface area contributed by atoms with Crippen molar-refractivity contribution in [2.75, 3.05) is 12.4 Å². The molecule has 0 radical (unpaired) electrons. The summed E-state index contributed by atoms with van der Waals surface area (Å²) >= 11 is 0. The maximum atomic E-state index is 12.5. The molecule has 3 fully saturated rings. The normalized spacial score (nSPS) is 32.8. The molecule has 0 aromatic heterocycles. The van der Waals surface area contributed by atoms with Crippen molar-refractivity contribution < 1.29 is 13.2 Å². The molecule has 0 bridgehead atoms. The molecule has 2 saturated carbocycles. The van der Waals surface area contributed by atoms with Gasteiger partial charge in [0.05, 0.1) is 16.8 Å². The minimum absolute atomic E-state index is 0.0377. The minimum atomic E-state index is -3.23. The van der Waals surface area contributed by atoms with Gasteiger partial charge in [0.25, 0.3) is 0 Å². The Balaban J connectivity index is 1.43. The maximum absolute atomic E-state index is 12.5. The van der Waals surface area contributed by atoms with Gasteiger partial charge in [0, 0.05) is 30.0 Å². The van der Waals surface area contributed by atoms with E-state index in [1.165, 1.54) is 19.3 Å². The van der Waals surface area contributed by atoms with Gasteiger partial charge >= 0.3 is 0 Å². The second-order valence-electron chi connectivity index (χ2n) is 7.47. The van der Waals surface area contributed by atoms with Crippen LogP contribution >= 0.6 is 0 Å². The molecule has 1 saturated heterocycles. The van der Waals surface area contributed by atoms with Gasteiger partial charge in [-0.05, 0) is 38.3 Å². The Morgan fingerprint density at radius 1 is 1.30 bits per heavy atom. The lowest BCUT2D eigenvalue weighted by Crippen LogP contribution is -2.72. The van der Waals surface area contributed by atoms with Gasteiger partial charge in [-0.3, -0.25) is 0 Å². The average Bonchev–Trinajstić information content (AvgIpc) is 2.89. The van der Waals surface area contributed by atoms with E-state index in [0.29, 0.717) is 28.4 Å². The van der Waals surface area contributed by atoms with Gasteiger partial charge in [0.2, 0.25) is 0 Å². The molecule has 1 aliphatic heterocycles. The molecule has 0 amide bonds. The first-order chi connectivity index (χ1) is 11.0. The van der Waals surface area contributed by atoms with E-state index in [9.17, 15) is 8.42 Å². The predicted molar refractivity (Wildman–Crippen MR) is 89.0 cm³/mol. The Kier molecular flexibility index (Phi) is 3.78. The highest BCUT2D eigenvalue weighted by molar-refractivity contribution is 7.91. The lowest BCUT2D eigenvalue weighted by atomic mass is 9.46. The van der Waals surface area contributed by atoms with Crippen LogP contribution in [0.5, 0.6) is 0 Å². The van der Waals surface area contributed by atoms with Crippen LogP contribution in [0.3, 0.4) is 0 Å². The number of fused-ring (bicyclic) bond motifs is 2. The van der Waals surface area contributed by atoms with Gasteiger partial charge < -0.3 is 10.1 Å². The summed E-state index contributed by atoms with van der Waals surface area (Å²) < 4.78 is 31.0. The molecule has 3 aliphatic rings. The minimum Gasteiger partial charge on any atom is -0.377 e. The number of hydrogen-bond acceptors (Lipinski definition) is 4. The highest BCUT2D eigenvalue weighted by Crippen LogP contribution is 2.62. The largest absolute Gasteiger partial charge is 0.377 e. The van der Waals surface area contributed by atoms with Crippen molar-refractivity contribution in [2.24, 2.45) is 11.3 Å². The fraction of sp³-hybridized carbons (Fsp3) is 0.667. The fourth-order valence-electron chi connectivity index (χ4n) is 4.90. The Bertz CT molecular complexity index is 669. The van der Waals surface area contributed by atoms with E-state index in [0.717, 1.165) is 13.0 Å². The monoisotopic (exact) mass is 335 g/mol. The molecule has 2 aliphatic carbocycles. The molecular weight excluding hydrogens is 310 g/mol. The summed E-state index contributed by atoms with van der Waals surface area (Å²) in [6.07, 6.45) is 5.27. The molecule has 4 rings (SSSR count). The Morgan fingerprint density at radius 2 is 2.04 bits per heavy atom. The first-order valence-corrected chi connectivity index (χ1v) is 10.3. The zero-order valence-corrected chi connectivity index (χ0v) is 14.4. The third-order valence-corrected chi connectivity index (χ3v) is 8.00. The molecule has 5 heteroatoms. The summed E-state index contributed by atoms with van der Waals surface area (Å²) in [6, 6.07) is 9.16. The van der Waals surface area contributed by atoms with E-state index in [-0.39, 0.29) is 11.8 Å². The highest BCUT2D eigenvalue weighted by atomic mass is 32.2. The van der Waals surface area contributed by atoms with E-state index >= 15 is 0 Å². The first kappa shape index (κ1) is 15.6. The smallest absolute Gasteiger partial charge is 0.179 e. The lowest BCUT2D eigenvalue weighted by molar-refractivity contribution is -0.177. The molecule has 1 aromatic carbocycles. The third-order valence-electron chi connectivity index (χ3n) is 6.07. The number of rotatable bonds is 5. The van der Waals surface area contributed by atoms with E-state index in [2.05, 4.69) is 5.32 Å². The van der Waals surface area contributed by atoms with Crippen molar-refractivity contribution >= 4 is 9.84 Å². The van der Waals surface area contributed by atoms with Crippen molar-refractivity contribution in [3.63, 3.8) is 0 Å². The van der Waals surface area contributed by atoms with Gasteiger partial charge in [0.1, 0.15) is 0 Å². The zero-order valence-electron chi connectivity index (χ0n) is 13.6. The van der Waals surface area contributed by atoms with Crippen LogP contribution in [0.15, 0.2) is 35.2 Å². The van der Waals surface area contributed by atoms with Crippen LogP contribution in [0, 0.1) is 11.3 Å². The fourth-order valence-corrected chi connectivity index (χ4v) is 6.42. The summed E-state index contributed by atoms with van der Waals surface area (Å²) in [4.78, 5) is 0.419. The SMILES string of the molecule is CC(CS(=O)(=O)c1ccccc1)NC1C2CCOC2C12CCC2. The molecule has 4 nitrogen and oxygen atoms in total. The average molecular weight is 335 g/mol. The van der Waals surface area contributed by atoms with Gasteiger partial charge in [-0.15, -0.1) is 0 Å².